The molecule has 2 heterocycles. The van der Waals surface area contributed by atoms with Crippen LogP contribution in [0.1, 0.15) is 12.5 Å². The third-order valence-corrected chi connectivity index (χ3v) is 3.42. The van der Waals surface area contributed by atoms with E-state index in [-0.39, 0.29) is 6.17 Å². The highest BCUT2D eigenvalue weighted by Crippen LogP contribution is 2.41. The normalized spacial score (nSPS) is 18.1. The maximum absolute atomic E-state index is 6.12. The Morgan fingerprint density at radius 1 is 1.11 bits per heavy atom. The third-order valence-electron chi connectivity index (χ3n) is 3.42. The van der Waals surface area contributed by atoms with E-state index in [2.05, 4.69) is 35.9 Å². The number of pyridine rings is 1. The van der Waals surface area contributed by atoms with E-state index in [0.29, 0.717) is 0 Å². The number of hydrogen-bond acceptors (Lipinski definition) is 4. The molecule has 0 saturated heterocycles. The van der Waals surface area contributed by atoms with Gasteiger partial charge in [0.05, 0.1) is 5.69 Å². The van der Waals surface area contributed by atoms with Crippen molar-refractivity contribution >= 4 is 17.2 Å². The van der Waals surface area contributed by atoms with Gasteiger partial charge < -0.3 is 4.90 Å². The minimum atomic E-state index is 0.0657. The second kappa shape index (κ2) is 3.99. The fourth-order valence-corrected chi connectivity index (χ4v) is 2.43. The first-order valence-electron chi connectivity index (χ1n) is 6.04. The molecule has 1 aromatic carbocycles. The molecule has 0 fully saturated rings. The zero-order valence-corrected chi connectivity index (χ0v) is 10.5. The van der Waals surface area contributed by atoms with Crippen molar-refractivity contribution in [2.75, 3.05) is 9.91 Å². The smallest absolute Gasteiger partial charge is 0.159 e. The summed E-state index contributed by atoms with van der Waals surface area (Å²) < 4.78 is 0. The maximum atomic E-state index is 6.12. The highest BCUT2D eigenvalue weighted by molar-refractivity contribution is 5.80. The summed E-state index contributed by atoms with van der Waals surface area (Å²) in [4.78, 5) is 6.63. The van der Waals surface area contributed by atoms with Crippen molar-refractivity contribution in [3.8, 4) is 0 Å². The van der Waals surface area contributed by atoms with Crippen molar-refractivity contribution in [2.45, 2.75) is 20.0 Å². The molecule has 18 heavy (non-hydrogen) atoms. The standard InChI is InChI=1S/C14H16N4/c1-10-6-3-4-7-12(10)17-11(2)18(15)13-8-5-9-16-14(13)17/h3-9,11H,15H2,1-2H3/t11-/m1/s1. The van der Waals surface area contributed by atoms with E-state index >= 15 is 0 Å². The average Bonchev–Trinajstić information content (AvgIpc) is 2.64. The lowest BCUT2D eigenvalue weighted by atomic mass is 10.2. The summed E-state index contributed by atoms with van der Waals surface area (Å²) in [7, 11) is 0. The summed E-state index contributed by atoms with van der Waals surface area (Å²) >= 11 is 0. The first-order valence-corrected chi connectivity index (χ1v) is 6.04. The summed E-state index contributed by atoms with van der Waals surface area (Å²) in [5.74, 6) is 7.04. The van der Waals surface area contributed by atoms with Gasteiger partial charge in [-0.1, -0.05) is 18.2 Å². The average molecular weight is 240 g/mol. The molecule has 1 aromatic heterocycles. The summed E-state index contributed by atoms with van der Waals surface area (Å²) in [6.45, 7) is 4.18. The highest BCUT2D eigenvalue weighted by atomic mass is 15.6. The largest absolute Gasteiger partial charge is 0.302 e. The number of hydrazine groups is 1. The Hall–Kier alpha value is -2.07. The Balaban J connectivity index is 2.16. The molecule has 0 aliphatic carbocycles. The van der Waals surface area contributed by atoms with Crippen LogP contribution >= 0.6 is 0 Å². The first-order chi connectivity index (χ1) is 8.70. The number of nitrogens with two attached hydrogens (primary N) is 1. The van der Waals surface area contributed by atoms with Crippen LogP contribution in [0.5, 0.6) is 0 Å². The van der Waals surface area contributed by atoms with Gasteiger partial charge >= 0.3 is 0 Å². The number of nitrogens with zero attached hydrogens (tertiary/aromatic N) is 3. The molecule has 0 unspecified atom stereocenters. The number of fused-ring (bicyclic) bond motifs is 1. The van der Waals surface area contributed by atoms with Crippen LogP contribution in [0.2, 0.25) is 0 Å². The molecule has 4 nitrogen and oxygen atoms in total. The molecule has 1 aliphatic rings. The molecular formula is C14H16N4. The molecule has 0 spiro atoms. The van der Waals surface area contributed by atoms with Crippen LogP contribution in [0.25, 0.3) is 0 Å². The van der Waals surface area contributed by atoms with Gasteiger partial charge in [-0.25, -0.2) is 10.8 Å². The quantitative estimate of drug-likeness (QED) is 0.778. The Labute approximate surface area is 107 Å². The van der Waals surface area contributed by atoms with E-state index in [1.807, 2.05) is 24.3 Å². The van der Waals surface area contributed by atoms with Gasteiger partial charge in [0.25, 0.3) is 0 Å². The van der Waals surface area contributed by atoms with Crippen molar-refractivity contribution < 1.29 is 0 Å². The lowest BCUT2D eigenvalue weighted by Gasteiger charge is -2.27. The fourth-order valence-electron chi connectivity index (χ4n) is 2.43. The second-order valence-corrected chi connectivity index (χ2v) is 4.54. The Morgan fingerprint density at radius 3 is 2.61 bits per heavy atom. The van der Waals surface area contributed by atoms with Crippen molar-refractivity contribution in [1.29, 1.82) is 0 Å². The molecule has 4 heteroatoms. The number of benzene rings is 1. The van der Waals surface area contributed by atoms with Crippen LogP contribution in [-0.2, 0) is 0 Å². The van der Waals surface area contributed by atoms with Gasteiger partial charge in [0.15, 0.2) is 5.82 Å². The van der Waals surface area contributed by atoms with Crippen LogP contribution in [0.3, 0.4) is 0 Å². The van der Waals surface area contributed by atoms with E-state index in [1.165, 1.54) is 5.56 Å². The summed E-state index contributed by atoms with van der Waals surface area (Å²) in [6.07, 6.45) is 1.87. The van der Waals surface area contributed by atoms with Gasteiger partial charge in [-0.05, 0) is 37.6 Å². The molecule has 0 saturated carbocycles. The molecule has 0 radical (unpaired) electrons. The minimum absolute atomic E-state index is 0.0657. The monoisotopic (exact) mass is 240 g/mol. The van der Waals surface area contributed by atoms with E-state index in [1.54, 1.807) is 11.2 Å². The van der Waals surface area contributed by atoms with Crippen LogP contribution in [0.15, 0.2) is 42.6 Å². The molecule has 2 aromatic rings. The number of para-hydroxylation sites is 1. The van der Waals surface area contributed by atoms with Crippen molar-refractivity contribution in [3.05, 3.63) is 48.2 Å². The molecule has 2 N–H and O–H groups in total. The van der Waals surface area contributed by atoms with Crippen LogP contribution in [0.4, 0.5) is 17.2 Å². The minimum Gasteiger partial charge on any atom is -0.302 e. The first kappa shape index (κ1) is 11.0. The Bertz CT molecular complexity index is 582. The predicted molar refractivity (Wildman–Crippen MR) is 73.7 cm³/mol. The van der Waals surface area contributed by atoms with E-state index < -0.39 is 0 Å². The lowest BCUT2D eigenvalue weighted by Crippen LogP contribution is -2.43. The summed E-state index contributed by atoms with van der Waals surface area (Å²) in [6, 6.07) is 12.2. The molecule has 92 valence electrons. The van der Waals surface area contributed by atoms with Gasteiger partial charge in [0.2, 0.25) is 0 Å². The molecular weight excluding hydrogens is 224 g/mol. The SMILES string of the molecule is Cc1ccccc1N1c2ncccc2N(N)[C@@H]1C. The van der Waals surface area contributed by atoms with Gasteiger partial charge in [-0.2, -0.15) is 0 Å². The molecule has 1 atom stereocenters. The van der Waals surface area contributed by atoms with E-state index in [0.717, 1.165) is 17.2 Å². The van der Waals surface area contributed by atoms with Crippen molar-refractivity contribution in [1.82, 2.24) is 4.98 Å². The lowest BCUT2D eigenvalue weighted by molar-refractivity contribution is 0.695. The van der Waals surface area contributed by atoms with Crippen molar-refractivity contribution in [2.24, 2.45) is 5.84 Å². The van der Waals surface area contributed by atoms with Crippen LogP contribution in [-0.4, -0.2) is 11.1 Å². The van der Waals surface area contributed by atoms with E-state index in [4.69, 9.17) is 5.84 Å². The Kier molecular flexibility index (Phi) is 2.45. The number of anilines is 3. The number of aryl methyl sites for hydroxylation is 1. The Morgan fingerprint density at radius 2 is 1.83 bits per heavy atom. The second-order valence-electron chi connectivity index (χ2n) is 4.54. The zero-order valence-electron chi connectivity index (χ0n) is 10.5. The van der Waals surface area contributed by atoms with Crippen LogP contribution < -0.4 is 15.8 Å². The summed E-state index contributed by atoms with van der Waals surface area (Å²) in [5.41, 5.74) is 3.34. The van der Waals surface area contributed by atoms with Gasteiger partial charge in [0, 0.05) is 11.9 Å². The van der Waals surface area contributed by atoms with Gasteiger partial charge in [-0.3, -0.25) is 5.01 Å². The fraction of sp³-hybridized carbons (Fsp3) is 0.214. The summed E-state index contributed by atoms with van der Waals surface area (Å²) in [5, 5.41) is 1.76. The predicted octanol–water partition coefficient (Wildman–Crippen LogP) is 2.57. The van der Waals surface area contributed by atoms with Gasteiger partial charge in [-0.15, -0.1) is 0 Å². The van der Waals surface area contributed by atoms with E-state index in [9.17, 15) is 0 Å². The topological polar surface area (TPSA) is 45.4 Å². The van der Waals surface area contributed by atoms with Gasteiger partial charge in [0.1, 0.15) is 6.17 Å². The molecule has 0 amide bonds. The maximum Gasteiger partial charge on any atom is 0.159 e. The molecule has 0 bridgehead atoms. The third kappa shape index (κ3) is 1.46. The number of aromatic nitrogens is 1. The zero-order chi connectivity index (χ0) is 12.7. The van der Waals surface area contributed by atoms with Crippen LogP contribution in [0, 0.1) is 6.92 Å². The highest BCUT2D eigenvalue weighted by Gasteiger charge is 2.33. The number of hydrogen-bond donors (Lipinski definition) is 1. The molecule has 1 aliphatic heterocycles. The number of rotatable bonds is 1. The van der Waals surface area contributed by atoms with Crippen molar-refractivity contribution in [3.63, 3.8) is 0 Å². The molecule has 3 rings (SSSR count).